The maximum atomic E-state index is 13.3. The Balaban J connectivity index is 1.66. The van der Waals surface area contributed by atoms with E-state index in [1.165, 1.54) is 66.2 Å². The average Bonchev–Trinajstić information content (AvgIpc) is 2.88. The number of benzene rings is 3. The second kappa shape index (κ2) is 11.0. The van der Waals surface area contributed by atoms with E-state index >= 15 is 0 Å². The number of hydrogen-bond donors (Lipinski definition) is 2. The summed E-state index contributed by atoms with van der Waals surface area (Å²) in [5, 5.41) is 9.25. The molecule has 12 heteroatoms. The Hall–Kier alpha value is -4.29. The van der Waals surface area contributed by atoms with E-state index in [1.807, 2.05) is 0 Å². The van der Waals surface area contributed by atoms with Gasteiger partial charge in [-0.25, -0.2) is 22.2 Å². The van der Waals surface area contributed by atoms with Crippen molar-refractivity contribution < 1.29 is 27.4 Å². The van der Waals surface area contributed by atoms with Crippen LogP contribution in [0.25, 0.3) is 10.9 Å². The molecule has 0 spiro atoms. The molecule has 4 rings (SSSR count). The number of aliphatic carboxylic acids is 1. The fourth-order valence-corrected chi connectivity index (χ4v) is 5.18. The highest BCUT2D eigenvalue weighted by molar-refractivity contribution is 7.89. The number of carbonyl (C=O) groups is 1. The first kappa shape index (κ1) is 26.8. The number of carboxylic acids is 1. The molecule has 0 amide bonds. The highest BCUT2D eigenvalue weighted by atomic mass is 32.2. The summed E-state index contributed by atoms with van der Waals surface area (Å²) in [5.41, 5.74) is -1.07. The molecule has 198 valence electrons. The second-order valence-electron chi connectivity index (χ2n) is 8.48. The molecule has 0 saturated heterocycles. The topological polar surface area (TPSA) is 137 Å². The highest BCUT2D eigenvalue weighted by Gasteiger charge is 2.25. The number of sulfonamides is 1. The minimum absolute atomic E-state index is 0.00931. The molecule has 0 aliphatic carbocycles. The molecule has 1 unspecified atom stereocenters. The van der Waals surface area contributed by atoms with Crippen LogP contribution < -0.4 is 20.7 Å². The van der Waals surface area contributed by atoms with Gasteiger partial charge < -0.3 is 9.84 Å². The smallest absolute Gasteiger partial charge is 0.332 e. The zero-order valence-corrected chi connectivity index (χ0v) is 21.0. The summed E-state index contributed by atoms with van der Waals surface area (Å²) < 4.78 is 49.6. The number of aromatic nitrogens is 2. The molecule has 3 aromatic carbocycles. The Morgan fingerprint density at radius 2 is 1.61 bits per heavy atom. The third-order valence-electron chi connectivity index (χ3n) is 5.86. The van der Waals surface area contributed by atoms with Crippen molar-refractivity contribution in [1.82, 2.24) is 13.9 Å². The highest BCUT2D eigenvalue weighted by Crippen LogP contribution is 2.24. The van der Waals surface area contributed by atoms with Crippen molar-refractivity contribution in [2.75, 3.05) is 0 Å². The fraction of sp³-hybridized carbons (Fsp3) is 0.192. The lowest BCUT2D eigenvalue weighted by molar-refractivity contribution is -0.137. The molecule has 0 bridgehead atoms. The van der Waals surface area contributed by atoms with Gasteiger partial charge in [0.25, 0.3) is 5.56 Å². The number of rotatable bonds is 10. The molecule has 38 heavy (non-hydrogen) atoms. The van der Waals surface area contributed by atoms with Crippen molar-refractivity contribution in [2.24, 2.45) is 7.05 Å². The maximum absolute atomic E-state index is 13.3. The van der Waals surface area contributed by atoms with Crippen LogP contribution in [0.15, 0.2) is 87.3 Å². The van der Waals surface area contributed by atoms with E-state index in [4.69, 9.17) is 9.84 Å². The van der Waals surface area contributed by atoms with Crippen molar-refractivity contribution in [3.05, 3.63) is 99.5 Å². The van der Waals surface area contributed by atoms with E-state index in [9.17, 15) is 27.2 Å². The van der Waals surface area contributed by atoms with E-state index in [2.05, 4.69) is 4.72 Å². The number of carboxylic acid groups (broad SMARTS) is 1. The van der Waals surface area contributed by atoms with Crippen LogP contribution in [0.2, 0.25) is 0 Å². The van der Waals surface area contributed by atoms with Crippen molar-refractivity contribution >= 4 is 26.9 Å². The van der Waals surface area contributed by atoms with Crippen molar-refractivity contribution in [3.63, 3.8) is 0 Å². The minimum atomic E-state index is -4.26. The number of fused-ring (bicyclic) bond motifs is 1. The van der Waals surface area contributed by atoms with Gasteiger partial charge in [0, 0.05) is 13.5 Å². The predicted octanol–water partition coefficient (Wildman–Crippen LogP) is 3.36. The summed E-state index contributed by atoms with van der Waals surface area (Å²) in [6.45, 7) is 0. The molecule has 10 nitrogen and oxygen atoms in total. The number of halogens is 1. The second-order valence-corrected chi connectivity index (χ2v) is 10.2. The molecule has 0 aliphatic rings. The molecular weight excluding hydrogens is 517 g/mol. The van der Waals surface area contributed by atoms with E-state index < -0.39 is 39.2 Å². The molecule has 0 radical (unpaired) electrons. The standard InChI is InChI=1S/C26H24FN3O7S/c1-29-22-6-3-2-5-21(22)25(33)30(26(29)34)23(7-4-8-24(31)32)28-38(35,36)20-15-13-19(14-16-20)37-18-11-9-17(27)10-12-18/h2-3,5-6,9-16,23,28H,4,7-8H2,1H3,(H,31,32). The van der Waals surface area contributed by atoms with Crippen LogP contribution in [0.3, 0.4) is 0 Å². The monoisotopic (exact) mass is 541 g/mol. The Labute approximate surface area is 216 Å². The van der Waals surface area contributed by atoms with Gasteiger partial charge in [-0.3, -0.25) is 14.2 Å². The van der Waals surface area contributed by atoms with E-state index in [0.717, 1.165) is 4.57 Å². The molecule has 1 atom stereocenters. The Morgan fingerprint density at radius 3 is 2.24 bits per heavy atom. The number of nitrogens with one attached hydrogen (secondary N) is 1. The summed E-state index contributed by atoms with van der Waals surface area (Å²) in [6, 6.07) is 17.1. The molecule has 1 aromatic heterocycles. The van der Waals surface area contributed by atoms with Gasteiger partial charge in [-0.2, -0.15) is 4.72 Å². The zero-order valence-electron chi connectivity index (χ0n) is 20.2. The first-order valence-corrected chi connectivity index (χ1v) is 13.0. The van der Waals surface area contributed by atoms with Gasteiger partial charge in [0.05, 0.1) is 15.8 Å². The van der Waals surface area contributed by atoms with Crippen LogP contribution in [0.1, 0.15) is 25.4 Å². The molecule has 0 fully saturated rings. The van der Waals surface area contributed by atoms with E-state index in [-0.39, 0.29) is 29.5 Å². The van der Waals surface area contributed by atoms with Crippen LogP contribution in [-0.4, -0.2) is 28.6 Å². The van der Waals surface area contributed by atoms with Crippen LogP contribution in [-0.2, 0) is 21.9 Å². The maximum Gasteiger partial charge on any atom is 0.332 e. The summed E-state index contributed by atoms with van der Waals surface area (Å²) in [5.74, 6) is -0.872. The Kier molecular flexibility index (Phi) is 7.74. The number of ether oxygens (including phenoxy) is 1. The molecular formula is C26H24FN3O7S. The van der Waals surface area contributed by atoms with E-state index in [1.54, 1.807) is 18.2 Å². The SMILES string of the molecule is Cn1c(=O)n(C(CCCC(=O)O)NS(=O)(=O)c2ccc(Oc3ccc(F)cc3)cc2)c(=O)c2ccccc21. The molecule has 1 heterocycles. The van der Waals surface area contributed by atoms with Crippen molar-refractivity contribution in [2.45, 2.75) is 30.3 Å². The van der Waals surface area contributed by atoms with Gasteiger partial charge in [-0.15, -0.1) is 0 Å². The zero-order chi connectivity index (χ0) is 27.4. The average molecular weight is 542 g/mol. The van der Waals surface area contributed by atoms with Crippen molar-refractivity contribution in [1.29, 1.82) is 0 Å². The summed E-state index contributed by atoms with van der Waals surface area (Å²) in [7, 11) is -2.80. The predicted molar refractivity (Wildman–Crippen MR) is 137 cm³/mol. The fourth-order valence-electron chi connectivity index (χ4n) is 3.96. The normalized spacial score (nSPS) is 12.4. The Bertz CT molecular complexity index is 1700. The number of hydrogen-bond acceptors (Lipinski definition) is 6. The lowest BCUT2D eigenvalue weighted by atomic mass is 10.2. The van der Waals surface area contributed by atoms with Crippen LogP contribution in [0, 0.1) is 5.82 Å². The molecule has 0 aliphatic heterocycles. The van der Waals surface area contributed by atoms with Gasteiger partial charge in [-0.05, 0) is 73.5 Å². The lowest BCUT2D eigenvalue weighted by Crippen LogP contribution is -2.47. The van der Waals surface area contributed by atoms with Gasteiger partial charge in [0.2, 0.25) is 10.0 Å². The van der Waals surface area contributed by atoms with Crippen molar-refractivity contribution in [3.8, 4) is 11.5 Å². The molecule has 4 aromatic rings. The molecule has 0 saturated carbocycles. The quantitative estimate of drug-likeness (QED) is 0.314. The summed E-state index contributed by atoms with van der Waals surface area (Å²) in [6.07, 6.45) is -1.73. The number of nitrogens with zero attached hydrogens (tertiary/aromatic N) is 2. The largest absolute Gasteiger partial charge is 0.481 e. The third kappa shape index (κ3) is 5.82. The van der Waals surface area contributed by atoms with Gasteiger partial charge in [0.15, 0.2) is 0 Å². The first-order valence-electron chi connectivity index (χ1n) is 11.5. The van der Waals surface area contributed by atoms with Gasteiger partial charge >= 0.3 is 11.7 Å². The first-order chi connectivity index (χ1) is 18.1. The van der Waals surface area contributed by atoms with Gasteiger partial charge in [0.1, 0.15) is 23.5 Å². The minimum Gasteiger partial charge on any atom is -0.481 e. The molecule has 2 N–H and O–H groups in total. The Morgan fingerprint density at radius 1 is 1.00 bits per heavy atom. The number of aryl methyl sites for hydroxylation is 1. The van der Waals surface area contributed by atoms with Gasteiger partial charge in [-0.1, -0.05) is 12.1 Å². The number of para-hydroxylation sites is 1. The van der Waals surface area contributed by atoms with Crippen LogP contribution >= 0.6 is 0 Å². The summed E-state index contributed by atoms with van der Waals surface area (Å²) >= 11 is 0. The lowest BCUT2D eigenvalue weighted by Gasteiger charge is -2.22. The third-order valence-corrected chi connectivity index (χ3v) is 7.34. The van der Waals surface area contributed by atoms with Crippen LogP contribution in [0.5, 0.6) is 11.5 Å². The van der Waals surface area contributed by atoms with E-state index in [0.29, 0.717) is 17.0 Å². The van der Waals surface area contributed by atoms with Crippen LogP contribution in [0.4, 0.5) is 4.39 Å². The summed E-state index contributed by atoms with van der Waals surface area (Å²) in [4.78, 5) is 37.3.